The van der Waals surface area contributed by atoms with Gasteiger partial charge < -0.3 is 10.1 Å². The van der Waals surface area contributed by atoms with E-state index in [1.54, 1.807) is 12.1 Å². The molecule has 2 heterocycles. The Morgan fingerprint density at radius 2 is 2.08 bits per heavy atom. The molecule has 0 atom stereocenters. The van der Waals surface area contributed by atoms with E-state index >= 15 is 0 Å². The second-order valence-corrected chi connectivity index (χ2v) is 8.08. The summed E-state index contributed by atoms with van der Waals surface area (Å²) in [5, 5.41) is 2.98. The fourth-order valence-electron chi connectivity index (χ4n) is 2.25. The van der Waals surface area contributed by atoms with E-state index in [9.17, 15) is 13.2 Å². The van der Waals surface area contributed by atoms with Crippen molar-refractivity contribution in [3.63, 3.8) is 0 Å². The fraction of sp³-hybridized carbons (Fsp3) is 0.333. The highest BCUT2D eigenvalue weighted by atomic mass is 32.2. The van der Waals surface area contributed by atoms with Gasteiger partial charge >= 0.3 is 0 Å². The third-order valence-corrected chi connectivity index (χ3v) is 5.74. The predicted molar refractivity (Wildman–Crippen MR) is 92.1 cm³/mol. The normalized spacial score (nSPS) is 14.4. The van der Waals surface area contributed by atoms with Gasteiger partial charge in [-0.2, -0.15) is 0 Å². The van der Waals surface area contributed by atoms with E-state index in [1.165, 1.54) is 0 Å². The van der Waals surface area contributed by atoms with Gasteiger partial charge in [0.05, 0.1) is 5.69 Å². The van der Waals surface area contributed by atoms with E-state index in [0.717, 1.165) is 17.8 Å². The Labute approximate surface area is 144 Å². The van der Waals surface area contributed by atoms with Gasteiger partial charge in [0.25, 0.3) is 5.91 Å². The summed E-state index contributed by atoms with van der Waals surface area (Å²) >= 11 is 1.06. The maximum Gasteiger partial charge on any atom is 0.263 e. The lowest BCUT2D eigenvalue weighted by Crippen LogP contribution is -2.22. The van der Waals surface area contributed by atoms with Crippen molar-refractivity contribution < 1.29 is 17.9 Å². The number of anilines is 1. The van der Waals surface area contributed by atoms with Crippen LogP contribution in [0.15, 0.2) is 30.3 Å². The van der Waals surface area contributed by atoms with Crippen LogP contribution in [0.2, 0.25) is 0 Å². The number of rotatable bonds is 6. The van der Waals surface area contributed by atoms with Crippen LogP contribution in [0, 0.1) is 0 Å². The van der Waals surface area contributed by atoms with Crippen LogP contribution in [-0.2, 0) is 16.4 Å². The van der Waals surface area contributed by atoms with Gasteiger partial charge in [0.2, 0.25) is 10.0 Å². The molecule has 3 rings (SSSR count). The van der Waals surface area contributed by atoms with Crippen molar-refractivity contribution in [1.29, 1.82) is 0 Å². The molecule has 1 aromatic heterocycles. The van der Waals surface area contributed by atoms with Crippen LogP contribution < -0.4 is 14.8 Å². The zero-order chi connectivity index (χ0) is 17.0. The van der Waals surface area contributed by atoms with Crippen LogP contribution in [-0.4, -0.2) is 38.2 Å². The molecule has 0 radical (unpaired) electrons. The van der Waals surface area contributed by atoms with Gasteiger partial charge in [-0.1, -0.05) is 29.5 Å². The summed E-state index contributed by atoms with van der Waals surface area (Å²) in [6.45, 7) is 0.644. The molecule has 0 spiro atoms. The van der Waals surface area contributed by atoms with Gasteiger partial charge in [0.1, 0.15) is 23.0 Å². The minimum Gasteiger partial charge on any atom is -0.492 e. The number of nitrogens with zero attached hydrogens (tertiary/aromatic N) is 1. The summed E-state index contributed by atoms with van der Waals surface area (Å²) in [6, 6.07) is 9.01. The molecule has 0 aliphatic carbocycles. The largest absolute Gasteiger partial charge is 0.492 e. The number of carbonyl (C=O) groups excluding carboxylic acids is 1. The molecular formula is C15H17N3O4S2. The van der Waals surface area contributed by atoms with Crippen LogP contribution in [0.25, 0.3) is 0 Å². The summed E-state index contributed by atoms with van der Waals surface area (Å²) in [5.74, 6) is 0.224. The van der Waals surface area contributed by atoms with Crippen molar-refractivity contribution >= 4 is 32.4 Å². The van der Waals surface area contributed by atoms with Gasteiger partial charge in [-0.3, -0.25) is 9.52 Å². The summed E-state index contributed by atoms with van der Waals surface area (Å²) in [4.78, 5) is 16.6. The molecule has 1 aromatic carbocycles. The molecule has 2 aromatic rings. The quantitative estimate of drug-likeness (QED) is 0.809. The van der Waals surface area contributed by atoms with Crippen LogP contribution in [0.1, 0.15) is 21.8 Å². The average molecular weight is 367 g/mol. The number of aromatic nitrogens is 1. The first-order valence-corrected chi connectivity index (χ1v) is 9.97. The van der Waals surface area contributed by atoms with Crippen molar-refractivity contribution in [3.05, 3.63) is 40.9 Å². The van der Waals surface area contributed by atoms with Gasteiger partial charge in [0.15, 0.2) is 5.13 Å². The monoisotopic (exact) mass is 367 g/mol. The number of hydrogen-bond acceptors (Lipinski definition) is 6. The van der Waals surface area contributed by atoms with E-state index in [4.69, 9.17) is 4.74 Å². The van der Waals surface area contributed by atoms with E-state index in [0.29, 0.717) is 29.3 Å². The topological polar surface area (TPSA) is 97.4 Å². The summed E-state index contributed by atoms with van der Waals surface area (Å²) in [7, 11) is -3.59. The third-order valence-electron chi connectivity index (χ3n) is 3.39. The molecular weight excluding hydrogens is 350 g/mol. The molecule has 0 unspecified atom stereocenters. The highest BCUT2D eigenvalue weighted by molar-refractivity contribution is 7.92. The number of benzene rings is 1. The molecule has 1 aliphatic rings. The van der Waals surface area contributed by atoms with Crippen molar-refractivity contribution in [2.45, 2.75) is 12.8 Å². The first kappa shape index (κ1) is 16.7. The SMILES string of the molecule is O=C1NCCCc2nc(NS(=O)(=O)CCOc3ccccc3)sc21. The summed E-state index contributed by atoms with van der Waals surface area (Å²) in [6.07, 6.45) is 1.45. The summed E-state index contributed by atoms with van der Waals surface area (Å²) in [5.41, 5.74) is 0.647. The Balaban J connectivity index is 1.60. The van der Waals surface area contributed by atoms with E-state index < -0.39 is 10.0 Å². The third kappa shape index (κ3) is 4.24. The molecule has 0 fully saturated rings. The number of nitrogens with one attached hydrogen (secondary N) is 2. The number of fused-ring (bicyclic) bond motifs is 1. The number of carbonyl (C=O) groups is 1. The molecule has 7 nitrogen and oxygen atoms in total. The zero-order valence-corrected chi connectivity index (χ0v) is 14.5. The second-order valence-electron chi connectivity index (χ2n) is 5.24. The molecule has 24 heavy (non-hydrogen) atoms. The van der Waals surface area contributed by atoms with Crippen LogP contribution in [0.3, 0.4) is 0 Å². The van der Waals surface area contributed by atoms with Crippen molar-refractivity contribution in [2.75, 3.05) is 23.6 Å². The van der Waals surface area contributed by atoms with Crippen LogP contribution >= 0.6 is 11.3 Å². The minimum absolute atomic E-state index is 0.0327. The van der Waals surface area contributed by atoms with Crippen molar-refractivity contribution in [2.24, 2.45) is 0 Å². The van der Waals surface area contributed by atoms with Gasteiger partial charge in [0, 0.05) is 6.54 Å². The minimum atomic E-state index is -3.59. The highest BCUT2D eigenvalue weighted by Gasteiger charge is 2.22. The lowest BCUT2D eigenvalue weighted by atomic mass is 10.2. The van der Waals surface area contributed by atoms with Crippen molar-refractivity contribution in [1.82, 2.24) is 10.3 Å². The Kier molecular flexibility index (Phi) is 5.00. The van der Waals surface area contributed by atoms with Crippen LogP contribution in [0.5, 0.6) is 5.75 Å². The van der Waals surface area contributed by atoms with Crippen molar-refractivity contribution in [3.8, 4) is 5.75 Å². The van der Waals surface area contributed by atoms with E-state index in [1.807, 2.05) is 18.2 Å². The lowest BCUT2D eigenvalue weighted by molar-refractivity contribution is 0.0960. The Morgan fingerprint density at radius 3 is 2.88 bits per heavy atom. The van der Waals surface area contributed by atoms with Gasteiger partial charge in [-0.15, -0.1) is 0 Å². The Hall–Kier alpha value is -2.13. The fourth-order valence-corrected chi connectivity index (χ4v) is 4.29. The molecule has 1 amide bonds. The Bertz CT molecular complexity index is 818. The number of hydrogen-bond donors (Lipinski definition) is 2. The first-order chi connectivity index (χ1) is 11.5. The van der Waals surface area contributed by atoms with E-state index in [-0.39, 0.29) is 23.4 Å². The van der Waals surface area contributed by atoms with Gasteiger partial charge in [-0.25, -0.2) is 13.4 Å². The second kappa shape index (κ2) is 7.18. The Morgan fingerprint density at radius 1 is 1.29 bits per heavy atom. The molecule has 128 valence electrons. The molecule has 0 saturated carbocycles. The first-order valence-electron chi connectivity index (χ1n) is 7.50. The number of thiazole rings is 1. The number of sulfonamides is 1. The maximum atomic E-state index is 12.1. The average Bonchev–Trinajstić information content (AvgIpc) is 2.86. The number of aryl methyl sites for hydroxylation is 1. The highest BCUT2D eigenvalue weighted by Crippen LogP contribution is 2.26. The standard InChI is InChI=1S/C15H17N3O4S2/c19-14-13-12(7-4-8-16-14)17-15(23-13)18-24(20,21)10-9-22-11-5-2-1-3-6-11/h1-3,5-6H,4,7-10H2,(H,16,19)(H,17,18). The smallest absolute Gasteiger partial charge is 0.263 e. The van der Waals surface area contributed by atoms with Crippen LogP contribution in [0.4, 0.5) is 5.13 Å². The molecule has 0 saturated heterocycles. The zero-order valence-electron chi connectivity index (χ0n) is 12.8. The predicted octanol–water partition coefficient (Wildman–Crippen LogP) is 1.64. The lowest BCUT2D eigenvalue weighted by Gasteiger charge is -2.07. The summed E-state index contributed by atoms with van der Waals surface area (Å²) < 4.78 is 32.1. The number of amides is 1. The van der Waals surface area contributed by atoms with E-state index in [2.05, 4.69) is 15.0 Å². The molecule has 0 bridgehead atoms. The van der Waals surface area contributed by atoms with Gasteiger partial charge in [-0.05, 0) is 25.0 Å². The molecule has 9 heteroatoms. The molecule has 2 N–H and O–H groups in total. The maximum absolute atomic E-state index is 12.1. The molecule has 1 aliphatic heterocycles. The number of para-hydroxylation sites is 1. The number of ether oxygens (including phenoxy) is 1.